The second kappa shape index (κ2) is 7.80. The van der Waals surface area contributed by atoms with Gasteiger partial charge in [0.15, 0.2) is 17.3 Å². The van der Waals surface area contributed by atoms with E-state index >= 15 is 0 Å². The van der Waals surface area contributed by atoms with Crippen molar-refractivity contribution in [3.8, 4) is 22.1 Å². The SMILES string of the molecule is Cc1ccc2nc(-c3ccc(NCC(=O)c4ccc5c(c4)OCCO5)cc3)sc2c1. The lowest BCUT2D eigenvalue weighted by Crippen LogP contribution is -2.17. The largest absolute Gasteiger partial charge is 0.486 e. The predicted molar refractivity (Wildman–Crippen MR) is 120 cm³/mol. The Morgan fingerprint density at radius 1 is 1.00 bits per heavy atom. The van der Waals surface area contributed by atoms with Crippen LogP contribution in [0.2, 0.25) is 0 Å². The first kappa shape index (κ1) is 18.6. The minimum atomic E-state index is -0.00223. The molecular formula is C24H20N2O3S. The third kappa shape index (κ3) is 3.74. The van der Waals surface area contributed by atoms with Crippen LogP contribution in [0.15, 0.2) is 60.7 Å². The lowest BCUT2D eigenvalue weighted by molar-refractivity contribution is 0.100. The second-order valence-electron chi connectivity index (χ2n) is 7.20. The fraction of sp³-hybridized carbons (Fsp3) is 0.167. The third-order valence-corrected chi connectivity index (χ3v) is 6.06. The van der Waals surface area contributed by atoms with Crippen molar-refractivity contribution < 1.29 is 14.3 Å². The Bertz CT molecular complexity index is 1230. The lowest BCUT2D eigenvalue weighted by atomic mass is 10.1. The molecule has 1 aromatic heterocycles. The molecule has 0 saturated carbocycles. The van der Waals surface area contributed by atoms with E-state index in [0.29, 0.717) is 30.3 Å². The topological polar surface area (TPSA) is 60.5 Å². The molecule has 1 aliphatic rings. The normalized spacial score (nSPS) is 12.7. The molecule has 0 spiro atoms. The van der Waals surface area contributed by atoms with Gasteiger partial charge in [-0.05, 0) is 67.1 Å². The van der Waals surface area contributed by atoms with Gasteiger partial charge in [0.25, 0.3) is 0 Å². The average molecular weight is 417 g/mol. The number of nitrogens with one attached hydrogen (secondary N) is 1. The van der Waals surface area contributed by atoms with Crippen molar-refractivity contribution in [2.45, 2.75) is 6.92 Å². The minimum Gasteiger partial charge on any atom is -0.486 e. The summed E-state index contributed by atoms with van der Waals surface area (Å²) in [6, 6.07) is 19.6. The molecule has 0 radical (unpaired) electrons. The van der Waals surface area contributed by atoms with E-state index in [4.69, 9.17) is 14.5 Å². The standard InChI is InChI=1S/C24H20N2O3S/c1-15-2-8-19-23(12-15)30-24(26-19)16-3-6-18(7-4-16)25-14-20(27)17-5-9-21-22(13-17)29-11-10-28-21/h2-9,12-13,25H,10-11,14H2,1H3. The molecule has 0 unspecified atom stereocenters. The van der Waals surface area contributed by atoms with Gasteiger partial charge in [-0.3, -0.25) is 4.79 Å². The zero-order chi connectivity index (χ0) is 20.5. The number of carbonyl (C=O) groups is 1. The number of thiazole rings is 1. The van der Waals surface area contributed by atoms with E-state index in [0.717, 1.165) is 21.8 Å². The van der Waals surface area contributed by atoms with E-state index < -0.39 is 0 Å². The number of ketones is 1. The van der Waals surface area contributed by atoms with Gasteiger partial charge in [-0.15, -0.1) is 11.3 Å². The Balaban J connectivity index is 1.26. The number of ether oxygens (including phenoxy) is 2. The molecular weight excluding hydrogens is 396 g/mol. The molecule has 0 saturated heterocycles. The molecule has 5 nitrogen and oxygen atoms in total. The highest BCUT2D eigenvalue weighted by atomic mass is 32.1. The highest BCUT2D eigenvalue weighted by molar-refractivity contribution is 7.21. The van der Waals surface area contributed by atoms with Crippen LogP contribution in [0.25, 0.3) is 20.8 Å². The molecule has 0 amide bonds. The first-order chi connectivity index (χ1) is 14.7. The first-order valence-electron chi connectivity index (χ1n) is 9.80. The van der Waals surface area contributed by atoms with Crippen LogP contribution < -0.4 is 14.8 Å². The van der Waals surface area contributed by atoms with Crippen LogP contribution in [0.1, 0.15) is 15.9 Å². The molecule has 0 atom stereocenters. The molecule has 1 aliphatic heterocycles. The van der Waals surface area contributed by atoms with Crippen molar-refractivity contribution in [2.75, 3.05) is 25.1 Å². The molecule has 150 valence electrons. The van der Waals surface area contributed by atoms with Gasteiger partial charge < -0.3 is 14.8 Å². The van der Waals surface area contributed by atoms with Crippen molar-refractivity contribution in [3.05, 3.63) is 71.8 Å². The van der Waals surface area contributed by atoms with Crippen LogP contribution in [0, 0.1) is 6.92 Å². The van der Waals surface area contributed by atoms with E-state index in [-0.39, 0.29) is 12.3 Å². The molecule has 3 aromatic carbocycles. The summed E-state index contributed by atoms with van der Waals surface area (Å²) in [5.74, 6) is 1.31. The van der Waals surface area contributed by atoms with Gasteiger partial charge in [0.05, 0.1) is 16.8 Å². The van der Waals surface area contributed by atoms with Crippen molar-refractivity contribution in [3.63, 3.8) is 0 Å². The van der Waals surface area contributed by atoms with Crippen molar-refractivity contribution in [2.24, 2.45) is 0 Å². The number of hydrogen-bond donors (Lipinski definition) is 1. The average Bonchev–Trinajstić information content (AvgIpc) is 3.20. The van der Waals surface area contributed by atoms with Crippen molar-refractivity contribution in [1.29, 1.82) is 0 Å². The number of rotatable bonds is 5. The maximum absolute atomic E-state index is 12.6. The number of aromatic nitrogens is 1. The third-order valence-electron chi connectivity index (χ3n) is 4.99. The molecule has 0 bridgehead atoms. The molecule has 1 N–H and O–H groups in total. The number of benzene rings is 3. The minimum absolute atomic E-state index is 0.00223. The highest BCUT2D eigenvalue weighted by Gasteiger charge is 2.15. The second-order valence-corrected chi connectivity index (χ2v) is 8.23. The van der Waals surface area contributed by atoms with Gasteiger partial charge in [-0.1, -0.05) is 6.07 Å². The number of anilines is 1. The van der Waals surface area contributed by atoms with E-state index in [1.165, 1.54) is 10.3 Å². The summed E-state index contributed by atoms with van der Waals surface area (Å²) in [5, 5.41) is 4.19. The Morgan fingerprint density at radius 2 is 1.80 bits per heavy atom. The maximum Gasteiger partial charge on any atom is 0.181 e. The van der Waals surface area contributed by atoms with E-state index in [1.54, 1.807) is 29.5 Å². The van der Waals surface area contributed by atoms with Crippen LogP contribution in [-0.4, -0.2) is 30.5 Å². The molecule has 0 aliphatic carbocycles. The molecule has 0 fully saturated rings. The van der Waals surface area contributed by atoms with Gasteiger partial charge in [0.1, 0.15) is 18.2 Å². The summed E-state index contributed by atoms with van der Waals surface area (Å²) < 4.78 is 12.3. The highest BCUT2D eigenvalue weighted by Crippen LogP contribution is 2.32. The summed E-state index contributed by atoms with van der Waals surface area (Å²) in [6.45, 7) is 3.34. The van der Waals surface area contributed by atoms with E-state index in [2.05, 4.69) is 30.4 Å². The summed E-state index contributed by atoms with van der Waals surface area (Å²) in [5.41, 5.74) is 4.82. The Labute approximate surface area is 178 Å². The summed E-state index contributed by atoms with van der Waals surface area (Å²) >= 11 is 1.69. The van der Waals surface area contributed by atoms with Gasteiger partial charge in [-0.25, -0.2) is 4.98 Å². The van der Waals surface area contributed by atoms with Gasteiger partial charge in [-0.2, -0.15) is 0 Å². The first-order valence-corrected chi connectivity index (χ1v) is 10.6. The monoisotopic (exact) mass is 416 g/mol. The van der Waals surface area contributed by atoms with Crippen LogP contribution in [0.3, 0.4) is 0 Å². The summed E-state index contributed by atoms with van der Waals surface area (Å²) in [6.07, 6.45) is 0. The maximum atomic E-state index is 12.6. The fourth-order valence-electron chi connectivity index (χ4n) is 3.39. The number of fused-ring (bicyclic) bond motifs is 2. The van der Waals surface area contributed by atoms with Crippen LogP contribution >= 0.6 is 11.3 Å². The molecule has 6 heteroatoms. The molecule has 4 aromatic rings. The zero-order valence-corrected chi connectivity index (χ0v) is 17.3. The predicted octanol–water partition coefficient (Wildman–Crippen LogP) is 5.34. The summed E-state index contributed by atoms with van der Waals surface area (Å²) in [7, 11) is 0. The Morgan fingerprint density at radius 3 is 2.63 bits per heavy atom. The quantitative estimate of drug-likeness (QED) is 0.445. The Hall–Kier alpha value is -3.38. The van der Waals surface area contributed by atoms with Crippen LogP contribution in [0.4, 0.5) is 5.69 Å². The number of carbonyl (C=O) groups excluding carboxylic acids is 1. The zero-order valence-electron chi connectivity index (χ0n) is 16.5. The van der Waals surface area contributed by atoms with Gasteiger partial charge in [0.2, 0.25) is 0 Å². The number of aryl methyl sites for hydroxylation is 1. The van der Waals surface area contributed by atoms with Crippen LogP contribution in [-0.2, 0) is 0 Å². The van der Waals surface area contributed by atoms with Crippen molar-refractivity contribution >= 4 is 33.0 Å². The summed E-state index contributed by atoms with van der Waals surface area (Å²) in [4.78, 5) is 17.3. The van der Waals surface area contributed by atoms with Crippen molar-refractivity contribution in [1.82, 2.24) is 4.98 Å². The Kier molecular flexibility index (Phi) is 4.85. The van der Waals surface area contributed by atoms with Gasteiger partial charge >= 0.3 is 0 Å². The van der Waals surface area contributed by atoms with E-state index in [1.807, 2.05) is 24.3 Å². The van der Waals surface area contributed by atoms with Gasteiger partial charge in [0, 0.05) is 16.8 Å². The number of hydrogen-bond acceptors (Lipinski definition) is 6. The number of Topliss-reactive ketones (excluding diaryl/α,β-unsaturated/α-hetero) is 1. The molecule has 2 heterocycles. The van der Waals surface area contributed by atoms with Crippen LogP contribution in [0.5, 0.6) is 11.5 Å². The smallest absolute Gasteiger partial charge is 0.181 e. The molecule has 30 heavy (non-hydrogen) atoms. The number of nitrogens with zero attached hydrogens (tertiary/aromatic N) is 1. The molecule has 5 rings (SSSR count). The van der Waals surface area contributed by atoms with E-state index in [9.17, 15) is 4.79 Å². The fourth-order valence-corrected chi connectivity index (χ4v) is 4.46. The lowest BCUT2D eigenvalue weighted by Gasteiger charge is -2.18.